The molecule has 5 heteroatoms. The first kappa shape index (κ1) is 13.8. The Bertz CT molecular complexity index is 454. The molecule has 1 saturated carbocycles. The first-order valence-corrected chi connectivity index (χ1v) is 6.63. The van der Waals surface area contributed by atoms with Gasteiger partial charge in [-0.05, 0) is 18.4 Å². The zero-order valence-electron chi connectivity index (χ0n) is 11.0. The van der Waals surface area contributed by atoms with Crippen molar-refractivity contribution < 1.29 is 10.3 Å². The van der Waals surface area contributed by atoms with Crippen LogP contribution in [0.4, 0.5) is 0 Å². The van der Waals surface area contributed by atoms with E-state index in [1.54, 1.807) is 0 Å². The number of nitrogens with one attached hydrogen (secondary N) is 1. The normalized spacial score (nSPS) is 18.7. The maximum Gasteiger partial charge on any atom is 0.170 e. The highest BCUT2D eigenvalue weighted by Gasteiger charge is 2.30. The molecule has 1 aromatic carbocycles. The van der Waals surface area contributed by atoms with E-state index in [1.807, 2.05) is 24.3 Å². The third kappa shape index (κ3) is 3.45. The van der Waals surface area contributed by atoms with E-state index in [0.29, 0.717) is 13.1 Å². The van der Waals surface area contributed by atoms with Crippen LogP contribution >= 0.6 is 0 Å². The van der Waals surface area contributed by atoms with E-state index < -0.39 is 5.60 Å². The summed E-state index contributed by atoms with van der Waals surface area (Å²) in [5.41, 5.74) is 6.75. The monoisotopic (exact) mass is 263 g/mol. The molecule has 0 atom stereocenters. The van der Waals surface area contributed by atoms with Crippen LogP contribution in [0.15, 0.2) is 29.4 Å². The second kappa shape index (κ2) is 6.04. The Kier molecular flexibility index (Phi) is 4.39. The third-order valence-electron chi connectivity index (χ3n) is 3.70. The summed E-state index contributed by atoms with van der Waals surface area (Å²) in [5.74, 6) is 0.108. The number of nitrogens with zero attached hydrogens (tertiary/aromatic N) is 1. The molecule has 0 aliphatic heterocycles. The van der Waals surface area contributed by atoms with Gasteiger partial charge in [0, 0.05) is 18.7 Å². The van der Waals surface area contributed by atoms with Crippen LogP contribution in [0.1, 0.15) is 36.8 Å². The molecule has 5 nitrogen and oxygen atoms in total. The summed E-state index contributed by atoms with van der Waals surface area (Å²) < 4.78 is 0. The zero-order chi connectivity index (χ0) is 13.7. The predicted octanol–water partition coefficient (Wildman–Crippen LogP) is 1.18. The van der Waals surface area contributed by atoms with E-state index in [-0.39, 0.29) is 5.84 Å². The van der Waals surface area contributed by atoms with Gasteiger partial charge in [-0.15, -0.1) is 0 Å². The Morgan fingerprint density at radius 1 is 1.32 bits per heavy atom. The van der Waals surface area contributed by atoms with Gasteiger partial charge in [0.25, 0.3) is 0 Å². The van der Waals surface area contributed by atoms with Crippen LogP contribution in [0.3, 0.4) is 0 Å². The Morgan fingerprint density at radius 2 is 2.00 bits per heavy atom. The number of aliphatic hydroxyl groups is 1. The van der Waals surface area contributed by atoms with Gasteiger partial charge in [0.2, 0.25) is 0 Å². The molecule has 0 heterocycles. The molecule has 0 radical (unpaired) electrons. The van der Waals surface area contributed by atoms with E-state index in [2.05, 4.69) is 10.5 Å². The first-order valence-electron chi connectivity index (χ1n) is 6.63. The van der Waals surface area contributed by atoms with Gasteiger partial charge < -0.3 is 21.4 Å². The van der Waals surface area contributed by atoms with E-state index in [9.17, 15) is 5.11 Å². The lowest BCUT2D eigenvalue weighted by Gasteiger charge is -2.22. The second-order valence-electron chi connectivity index (χ2n) is 5.18. The fourth-order valence-corrected chi connectivity index (χ4v) is 2.62. The maximum atomic E-state index is 10.2. The molecule has 5 N–H and O–H groups in total. The molecule has 1 aliphatic carbocycles. The van der Waals surface area contributed by atoms with Crippen molar-refractivity contribution in [3.05, 3.63) is 35.4 Å². The number of oxime groups is 1. The molecule has 0 bridgehead atoms. The molecule has 104 valence electrons. The van der Waals surface area contributed by atoms with E-state index in [4.69, 9.17) is 10.9 Å². The lowest BCUT2D eigenvalue weighted by Crippen LogP contribution is -2.37. The third-order valence-corrected chi connectivity index (χ3v) is 3.70. The Hall–Kier alpha value is -1.59. The Balaban J connectivity index is 1.96. The average molecular weight is 263 g/mol. The highest BCUT2D eigenvalue weighted by atomic mass is 16.4. The molecule has 0 aromatic heterocycles. The molecule has 1 fully saturated rings. The van der Waals surface area contributed by atoms with Crippen molar-refractivity contribution in [2.75, 3.05) is 6.54 Å². The van der Waals surface area contributed by atoms with Crippen LogP contribution in [-0.2, 0) is 6.54 Å². The van der Waals surface area contributed by atoms with Crippen molar-refractivity contribution in [1.82, 2.24) is 5.32 Å². The van der Waals surface area contributed by atoms with E-state index in [1.165, 1.54) is 0 Å². The van der Waals surface area contributed by atoms with Gasteiger partial charge in [-0.3, -0.25) is 0 Å². The van der Waals surface area contributed by atoms with Gasteiger partial charge in [-0.1, -0.05) is 42.3 Å². The molecular formula is C14H21N3O2. The molecule has 0 spiro atoms. The van der Waals surface area contributed by atoms with Gasteiger partial charge in [0.15, 0.2) is 5.84 Å². The topological polar surface area (TPSA) is 90.9 Å². The standard InChI is InChI=1S/C14H21N3O2/c15-13(17-19)12-6-2-1-5-11(12)9-16-10-14(18)7-3-4-8-14/h1-2,5-6,16,18-19H,3-4,7-10H2,(H2,15,17). The number of nitrogens with two attached hydrogens (primary N) is 1. The van der Waals surface area contributed by atoms with Crippen LogP contribution in [0.25, 0.3) is 0 Å². The number of amidine groups is 1. The molecule has 19 heavy (non-hydrogen) atoms. The van der Waals surface area contributed by atoms with Crippen LogP contribution in [0, 0.1) is 0 Å². The van der Waals surface area contributed by atoms with Gasteiger partial charge in [0.05, 0.1) is 5.60 Å². The summed E-state index contributed by atoms with van der Waals surface area (Å²) in [6.45, 7) is 1.17. The summed E-state index contributed by atoms with van der Waals surface area (Å²) in [7, 11) is 0. The zero-order valence-corrected chi connectivity index (χ0v) is 11.0. The average Bonchev–Trinajstić information content (AvgIpc) is 2.85. The summed E-state index contributed by atoms with van der Waals surface area (Å²) in [6.07, 6.45) is 3.92. The van der Waals surface area contributed by atoms with Crippen LogP contribution in [0.2, 0.25) is 0 Å². The smallest absolute Gasteiger partial charge is 0.170 e. The van der Waals surface area contributed by atoms with E-state index in [0.717, 1.165) is 36.8 Å². The van der Waals surface area contributed by atoms with Crippen molar-refractivity contribution in [3.63, 3.8) is 0 Å². The molecule has 0 saturated heterocycles. The Morgan fingerprint density at radius 3 is 2.68 bits per heavy atom. The molecule has 0 amide bonds. The lowest BCUT2D eigenvalue weighted by molar-refractivity contribution is 0.0475. The number of hydrogen-bond acceptors (Lipinski definition) is 4. The fourth-order valence-electron chi connectivity index (χ4n) is 2.62. The molecule has 0 unspecified atom stereocenters. The molecular weight excluding hydrogens is 242 g/mol. The maximum absolute atomic E-state index is 10.2. The fraction of sp³-hybridized carbons (Fsp3) is 0.500. The SMILES string of the molecule is NC(=NO)c1ccccc1CNCC1(O)CCCC1. The largest absolute Gasteiger partial charge is 0.409 e. The summed E-state index contributed by atoms with van der Waals surface area (Å²) in [5, 5.41) is 25.3. The molecule has 1 aliphatic rings. The highest BCUT2D eigenvalue weighted by molar-refractivity contribution is 5.98. The van der Waals surface area contributed by atoms with Crippen molar-refractivity contribution in [1.29, 1.82) is 0 Å². The first-order chi connectivity index (χ1) is 9.14. The summed E-state index contributed by atoms with van der Waals surface area (Å²) >= 11 is 0. The van der Waals surface area contributed by atoms with Crippen molar-refractivity contribution in [2.24, 2.45) is 10.9 Å². The van der Waals surface area contributed by atoms with Gasteiger partial charge >= 0.3 is 0 Å². The van der Waals surface area contributed by atoms with Crippen LogP contribution < -0.4 is 11.1 Å². The lowest BCUT2D eigenvalue weighted by atomic mass is 10.0. The number of rotatable bonds is 5. The van der Waals surface area contributed by atoms with E-state index >= 15 is 0 Å². The summed E-state index contributed by atoms with van der Waals surface area (Å²) in [6, 6.07) is 7.51. The highest BCUT2D eigenvalue weighted by Crippen LogP contribution is 2.28. The van der Waals surface area contributed by atoms with Crippen molar-refractivity contribution >= 4 is 5.84 Å². The molecule has 2 rings (SSSR count). The van der Waals surface area contributed by atoms with Crippen LogP contribution in [0.5, 0.6) is 0 Å². The number of hydrogen-bond donors (Lipinski definition) is 4. The minimum absolute atomic E-state index is 0.108. The van der Waals surface area contributed by atoms with Gasteiger partial charge in [0.1, 0.15) is 0 Å². The predicted molar refractivity (Wildman–Crippen MR) is 74.1 cm³/mol. The van der Waals surface area contributed by atoms with Crippen LogP contribution in [-0.4, -0.2) is 28.3 Å². The minimum atomic E-state index is -0.564. The number of benzene rings is 1. The second-order valence-corrected chi connectivity index (χ2v) is 5.18. The Labute approximate surface area is 113 Å². The van der Waals surface area contributed by atoms with Gasteiger partial charge in [-0.25, -0.2) is 0 Å². The van der Waals surface area contributed by atoms with Crippen molar-refractivity contribution in [3.8, 4) is 0 Å². The molecule has 1 aromatic rings. The van der Waals surface area contributed by atoms with Gasteiger partial charge in [-0.2, -0.15) is 0 Å². The summed E-state index contributed by atoms with van der Waals surface area (Å²) in [4.78, 5) is 0. The quantitative estimate of drug-likeness (QED) is 0.278. The minimum Gasteiger partial charge on any atom is -0.409 e. The van der Waals surface area contributed by atoms with Crippen molar-refractivity contribution in [2.45, 2.75) is 37.8 Å².